The maximum absolute atomic E-state index is 12.2. The molecule has 1 heterocycles. The van der Waals surface area contributed by atoms with Gasteiger partial charge in [0.1, 0.15) is 6.07 Å². The molecule has 0 spiro atoms. The second-order valence-electron chi connectivity index (χ2n) is 4.52. The number of benzene rings is 2. The number of esters is 1. The van der Waals surface area contributed by atoms with Crippen molar-refractivity contribution in [3.05, 3.63) is 65.9 Å². The Balaban J connectivity index is 2.47. The van der Waals surface area contributed by atoms with E-state index in [1.165, 1.54) is 7.11 Å². The van der Waals surface area contributed by atoms with Gasteiger partial charge in [0.2, 0.25) is 0 Å². The maximum Gasteiger partial charge on any atom is 0.356 e. The lowest BCUT2D eigenvalue weighted by Gasteiger charge is -2.09. The monoisotopic (exact) mass is 276 g/mol. The fourth-order valence-corrected chi connectivity index (χ4v) is 2.49. The molecule has 4 heteroatoms. The van der Waals surface area contributed by atoms with Gasteiger partial charge in [-0.25, -0.2) is 4.79 Å². The molecule has 3 aromatic rings. The minimum Gasteiger partial charge on any atom is -0.464 e. The van der Waals surface area contributed by atoms with Crippen LogP contribution in [-0.4, -0.2) is 17.6 Å². The zero-order chi connectivity index (χ0) is 14.8. The second-order valence-corrected chi connectivity index (χ2v) is 4.52. The highest BCUT2D eigenvalue weighted by atomic mass is 16.5. The van der Waals surface area contributed by atoms with Gasteiger partial charge in [-0.1, -0.05) is 36.4 Å². The number of fused-ring (bicyclic) bond motifs is 1. The van der Waals surface area contributed by atoms with Crippen molar-refractivity contribution in [1.29, 1.82) is 5.26 Å². The lowest BCUT2D eigenvalue weighted by molar-refractivity contribution is 0.0592. The number of para-hydroxylation sites is 2. The lowest BCUT2D eigenvalue weighted by atomic mass is 10.1. The highest BCUT2D eigenvalue weighted by Crippen LogP contribution is 2.29. The maximum atomic E-state index is 12.2. The lowest BCUT2D eigenvalue weighted by Crippen LogP contribution is -2.10. The highest BCUT2D eigenvalue weighted by Gasteiger charge is 2.24. The molecule has 0 aliphatic heterocycles. The van der Waals surface area contributed by atoms with E-state index in [4.69, 9.17) is 4.74 Å². The van der Waals surface area contributed by atoms with E-state index in [1.54, 1.807) is 4.57 Å². The number of carbonyl (C=O) groups excluding carboxylic acids is 1. The van der Waals surface area contributed by atoms with E-state index in [0.29, 0.717) is 5.56 Å². The van der Waals surface area contributed by atoms with Gasteiger partial charge in [0.05, 0.1) is 18.2 Å². The minimum absolute atomic E-state index is 0.257. The van der Waals surface area contributed by atoms with Crippen LogP contribution in [-0.2, 0) is 4.74 Å². The van der Waals surface area contributed by atoms with Gasteiger partial charge in [-0.15, -0.1) is 0 Å². The Morgan fingerprint density at radius 2 is 1.76 bits per heavy atom. The van der Waals surface area contributed by atoms with Crippen LogP contribution in [0.5, 0.6) is 0 Å². The van der Waals surface area contributed by atoms with Crippen LogP contribution in [0.1, 0.15) is 16.1 Å². The van der Waals surface area contributed by atoms with E-state index < -0.39 is 5.97 Å². The van der Waals surface area contributed by atoms with Crippen LogP contribution in [0.15, 0.2) is 54.6 Å². The number of rotatable bonds is 2. The van der Waals surface area contributed by atoms with Crippen molar-refractivity contribution < 1.29 is 9.53 Å². The Labute approximate surface area is 121 Å². The van der Waals surface area contributed by atoms with E-state index in [-0.39, 0.29) is 5.69 Å². The van der Waals surface area contributed by atoms with Gasteiger partial charge in [0, 0.05) is 11.1 Å². The van der Waals surface area contributed by atoms with E-state index >= 15 is 0 Å². The summed E-state index contributed by atoms with van der Waals surface area (Å²) < 4.78 is 6.62. The summed E-state index contributed by atoms with van der Waals surface area (Å²) >= 11 is 0. The molecule has 0 fully saturated rings. The van der Waals surface area contributed by atoms with Crippen molar-refractivity contribution in [3.8, 4) is 11.8 Å². The Kier molecular flexibility index (Phi) is 3.17. The van der Waals surface area contributed by atoms with E-state index in [9.17, 15) is 10.1 Å². The first kappa shape index (κ1) is 12.9. The molecule has 0 unspecified atom stereocenters. The second kappa shape index (κ2) is 5.14. The molecule has 0 aliphatic carbocycles. The predicted molar refractivity (Wildman–Crippen MR) is 79.3 cm³/mol. The molecule has 4 nitrogen and oxygen atoms in total. The largest absolute Gasteiger partial charge is 0.464 e. The number of ether oxygens (including phenoxy) is 1. The van der Waals surface area contributed by atoms with E-state index in [0.717, 1.165) is 16.6 Å². The first-order chi connectivity index (χ1) is 10.3. The van der Waals surface area contributed by atoms with Crippen LogP contribution in [0.25, 0.3) is 16.6 Å². The van der Waals surface area contributed by atoms with Crippen molar-refractivity contribution in [2.24, 2.45) is 0 Å². The molecule has 0 radical (unpaired) electrons. The molecule has 0 saturated carbocycles. The summed E-state index contributed by atoms with van der Waals surface area (Å²) in [5, 5.41) is 10.2. The molecule has 2 aromatic carbocycles. The third-order valence-electron chi connectivity index (χ3n) is 3.38. The Bertz CT molecular complexity index is 858. The van der Waals surface area contributed by atoms with Gasteiger partial charge in [-0.05, 0) is 18.2 Å². The summed E-state index contributed by atoms with van der Waals surface area (Å²) in [6.07, 6.45) is 0. The average Bonchev–Trinajstić information content (AvgIpc) is 2.89. The smallest absolute Gasteiger partial charge is 0.356 e. The van der Waals surface area contributed by atoms with Crippen molar-refractivity contribution in [2.45, 2.75) is 0 Å². The summed E-state index contributed by atoms with van der Waals surface area (Å²) in [7, 11) is 1.32. The molecule has 0 N–H and O–H groups in total. The van der Waals surface area contributed by atoms with E-state index in [2.05, 4.69) is 6.07 Å². The summed E-state index contributed by atoms with van der Waals surface area (Å²) in [5.74, 6) is -0.522. The third kappa shape index (κ3) is 1.96. The highest BCUT2D eigenvalue weighted by molar-refractivity contribution is 6.02. The van der Waals surface area contributed by atoms with Crippen LogP contribution in [0.3, 0.4) is 0 Å². The number of nitrogens with zero attached hydrogens (tertiary/aromatic N) is 2. The van der Waals surface area contributed by atoms with Gasteiger partial charge in [0.25, 0.3) is 0 Å². The van der Waals surface area contributed by atoms with Gasteiger partial charge >= 0.3 is 5.97 Å². The number of hydrogen-bond acceptors (Lipinski definition) is 3. The molecule has 0 atom stereocenters. The number of methoxy groups -OCH3 is 1. The first-order valence-corrected chi connectivity index (χ1v) is 6.45. The van der Waals surface area contributed by atoms with Crippen molar-refractivity contribution in [3.63, 3.8) is 0 Å². The Morgan fingerprint density at radius 3 is 2.43 bits per heavy atom. The molecule has 1 aromatic heterocycles. The van der Waals surface area contributed by atoms with Gasteiger partial charge in [-0.2, -0.15) is 5.26 Å². The minimum atomic E-state index is -0.522. The number of aromatic nitrogens is 1. The van der Waals surface area contributed by atoms with Crippen LogP contribution in [0.4, 0.5) is 0 Å². The predicted octanol–water partition coefficient (Wildman–Crippen LogP) is 3.29. The normalized spacial score (nSPS) is 10.3. The number of nitriles is 1. The SMILES string of the molecule is COC(=O)c1c(C#N)c2ccccc2n1-c1ccccc1. The summed E-state index contributed by atoms with van der Waals surface area (Å²) in [6, 6.07) is 19.0. The van der Waals surface area contributed by atoms with Crippen molar-refractivity contribution in [2.75, 3.05) is 7.11 Å². The first-order valence-electron chi connectivity index (χ1n) is 6.45. The molecule has 21 heavy (non-hydrogen) atoms. The summed E-state index contributed by atoms with van der Waals surface area (Å²) in [4.78, 5) is 12.2. The topological polar surface area (TPSA) is 55.0 Å². The molecule has 0 bridgehead atoms. The fraction of sp³-hybridized carbons (Fsp3) is 0.0588. The average molecular weight is 276 g/mol. The van der Waals surface area contributed by atoms with Gasteiger partial charge in [0.15, 0.2) is 5.69 Å². The number of hydrogen-bond donors (Lipinski definition) is 0. The summed E-state index contributed by atoms with van der Waals surface area (Å²) in [6.45, 7) is 0. The molecule has 0 saturated heterocycles. The van der Waals surface area contributed by atoms with Crippen molar-refractivity contribution >= 4 is 16.9 Å². The Hall–Kier alpha value is -3.06. The molecule has 3 rings (SSSR count). The Morgan fingerprint density at radius 1 is 1.10 bits per heavy atom. The molecular weight excluding hydrogens is 264 g/mol. The quantitative estimate of drug-likeness (QED) is 0.675. The molecule has 102 valence electrons. The number of carbonyl (C=O) groups is 1. The van der Waals surface area contributed by atoms with Gasteiger partial charge in [-0.3, -0.25) is 0 Å². The zero-order valence-corrected chi connectivity index (χ0v) is 11.4. The van der Waals surface area contributed by atoms with Gasteiger partial charge < -0.3 is 9.30 Å². The van der Waals surface area contributed by atoms with Crippen LogP contribution >= 0.6 is 0 Å². The summed E-state index contributed by atoms with van der Waals surface area (Å²) in [5.41, 5.74) is 2.21. The molecule has 0 amide bonds. The molecular formula is C17H12N2O2. The zero-order valence-electron chi connectivity index (χ0n) is 11.4. The van der Waals surface area contributed by atoms with Crippen LogP contribution in [0.2, 0.25) is 0 Å². The third-order valence-corrected chi connectivity index (χ3v) is 3.38. The van der Waals surface area contributed by atoms with Crippen molar-refractivity contribution in [1.82, 2.24) is 4.57 Å². The van der Waals surface area contributed by atoms with Crippen LogP contribution < -0.4 is 0 Å². The van der Waals surface area contributed by atoms with Crippen LogP contribution in [0, 0.1) is 11.3 Å². The van der Waals surface area contributed by atoms with E-state index in [1.807, 2.05) is 54.6 Å². The molecule has 0 aliphatic rings. The standard InChI is InChI=1S/C17H12N2O2/c1-21-17(20)16-14(11-18)13-9-5-6-10-15(13)19(16)12-7-3-2-4-8-12/h2-10H,1H3. The fourth-order valence-electron chi connectivity index (χ4n) is 2.49.